The molecule has 1 aromatic carbocycles. The summed E-state index contributed by atoms with van der Waals surface area (Å²) in [5.41, 5.74) is 1.50. The van der Waals surface area contributed by atoms with Gasteiger partial charge in [0, 0.05) is 12.8 Å². The van der Waals surface area contributed by atoms with Gasteiger partial charge in [-0.25, -0.2) is 8.78 Å². The van der Waals surface area contributed by atoms with E-state index in [9.17, 15) is 13.6 Å². The highest BCUT2D eigenvalue weighted by molar-refractivity contribution is 5.66. The lowest BCUT2D eigenvalue weighted by Gasteiger charge is -2.10. The summed E-state index contributed by atoms with van der Waals surface area (Å²) in [5, 5.41) is 8.50. The number of aryl methyl sites for hydroxylation is 1. The molecule has 0 unspecified atom stereocenters. The minimum atomic E-state index is -2.71. The third-order valence-corrected chi connectivity index (χ3v) is 2.36. The number of carboxylic acid groups (broad SMARTS) is 1. The summed E-state index contributed by atoms with van der Waals surface area (Å²) in [5.74, 6) is -3.54. The third kappa shape index (κ3) is 6.00. The molecule has 1 N–H and O–H groups in total. The molecule has 0 fully saturated rings. The fourth-order valence-corrected chi connectivity index (χ4v) is 1.70. The molecule has 0 spiro atoms. The van der Waals surface area contributed by atoms with Gasteiger partial charge in [-0.1, -0.05) is 24.3 Å². The number of carboxylic acids is 1. The van der Waals surface area contributed by atoms with E-state index in [0.717, 1.165) is 12.5 Å². The standard InChI is InChI=1S/C13H16F2O2/c1-13(14,15)9-11-6-2-4-10(8-11)5-3-7-12(16)17/h2,4,6,8H,3,5,7,9H2,1H3,(H,16,17). The predicted molar refractivity (Wildman–Crippen MR) is 61.3 cm³/mol. The van der Waals surface area contributed by atoms with Gasteiger partial charge in [-0.15, -0.1) is 0 Å². The van der Waals surface area contributed by atoms with Crippen molar-refractivity contribution in [3.05, 3.63) is 35.4 Å². The van der Waals surface area contributed by atoms with Crippen molar-refractivity contribution in [2.24, 2.45) is 0 Å². The fourth-order valence-electron chi connectivity index (χ4n) is 1.70. The average molecular weight is 242 g/mol. The Kier molecular flexibility index (Phi) is 4.61. The van der Waals surface area contributed by atoms with E-state index in [2.05, 4.69) is 0 Å². The number of alkyl halides is 2. The smallest absolute Gasteiger partial charge is 0.303 e. The summed E-state index contributed by atoms with van der Waals surface area (Å²) < 4.78 is 25.6. The van der Waals surface area contributed by atoms with Crippen LogP contribution in [0.5, 0.6) is 0 Å². The molecule has 94 valence electrons. The van der Waals surface area contributed by atoms with Crippen LogP contribution in [-0.2, 0) is 17.6 Å². The van der Waals surface area contributed by atoms with Crippen LogP contribution in [0.25, 0.3) is 0 Å². The van der Waals surface area contributed by atoms with Crippen molar-refractivity contribution in [2.45, 2.75) is 38.5 Å². The Morgan fingerprint density at radius 3 is 2.59 bits per heavy atom. The average Bonchev–Trinajstić information content (AvgIpc) is 2.14. The van der Waals surface area contributed by atoms with E-state index in [-0.39, 0.29) is 12.8 Å². The van der Waals surface area contributed by atoms with Crippen molar-refractivity contribution in [1.82, 2.24) is 0 Å². The maximum Gasteiger partial charge on any atom is 0.303 e. The molecule has 1 rings (SSSR count). The van der Waals surface area contributed by atoms with Crippen molar-refractivity contribution in [2.75, 3.05) is 0 Å². The van der Waals surface area contributed by atoms with E-state index >= 15 is 0 Å². The van der Waals surface area contributed by atoms with Gasteiger partial charge >= 0.3 is 5.97 Å². The number of hydrogen-bond donors (Lipinski definition) is 1. The van der Waals surface area contributed by atoms with Gasteiger partial charge in [-0.3, -0.25) is 4.79 Å². The molecule has 0 radical (unpaired) electrons. The largest absolute Gasteiger partial charge is 0.481 e. The number of carbonyl (C=O) groups is 1. The van der Waals surface area contributed by atoms with Crippen molar-refractivity contribution >= 4 is 5.97 Å². The van der Waals surface area contributed by atoms with E-state index in [1.165, 1.54) is 0 Å². The first-order chi connectivity index (χ1) is 7.87. The second-order valence-corrected chi connectivity index (χ2v) is 4.31. The summed E-state index contributed by atoms with van der Waals surface area (Å²) in [4.78, 5) is 10.3. The monoisotopic (exact) mass is 242 g/mol. The zero-order valence-corrected chi connectivity index (χ0v) is 9.75. The van der Waals surface area contributed by atoms with Gasteiger partial charge in [-0.05, 0) is 30.9 Å². The van der Waals surface area contributed by atoms with Gasteiger partial charge in [0.05, 0.1) is 0 Å². The van der Waals surface area contributed by atoms with Crippen LogP contribution in [0.1, 0.15) is 30.9 Å². The first kappa shape index (κ1) is 13.6. The molecule has 0 saturated heterocycles. The summed E-state index contributed by atoms with van der Waals surface area (Å²) in [6, 6.07) is 6.95. The maximum absolute atomic E-state index is 12.8. The fraction of sp³-hybridized carbons (Fsp3) is 0.462. The molecule has 2 nitrogen and oxygen atoms in total. The normalized spacial score (nSPS) is 11.5. The second-order valence-electron chi connectivity index (χ2n) is 4.31. The Hall–Kier alpha value is -1.45. The summed E-state index contributed by atoms with van der Waals surface area (Å²) >= 11 is 0. The molecule has 0 aliphatic carbocycles. The Bertz CT molecular complexity index is 383. The number of aliphatic carboxylic acids is 1. The highest BCUT2D eigenvalue weighted by atomic mass is 19.3. The minimum Gasteiger partial charge on any atom is -0.481 e. The van der Waals surface area contributed by atoms with Crippen LogP contribution in [0.4, 0.5) is 8.78 Å². The molecule has 17 heavy (non-hydrogen) atoms. The molecule has 0 atom stereocenters. The molecule has 4 heteroatoms. The van der Waals surface area contributed by atoms with Crippen LogP contribution >= 0.6 is 0 Å². The van der Waals surface area contributed by atoms with Crippen molar-refractivity contribution < 1.29 is 18.7 Å². The number of halogens is 2. The van der Waals surface area contributed by atoms with Crippen molar-refractivity contribution in [3.63, 3.8) is 0 Å². The quantitative estimate of drug-likeness (QED) is 0.831. The summed E-state index contributed by atoms with van der Waals surface area (Å²) in [7, 11) is 0. The Morgan fingerprint density at radius 2 is 2.00 bits per heavy atom. The maximum atomic E-state index is 12.8. The van der Waals surface area contributed by atoms with Gasteiger partial charge in [0.15, 0.2) is 0 Å². The topological polar surface area (TPSA) is 37.3 Å². The van der Waals surface area contributed by atoms with Gasteiger partial charge in [0.2, 0.25) is 5.92 Å². The van der Waals surface area contributed by atoms with Crippen molar-refractivity contribution in [3.8, 4) is 0 Å². The minimum absolute atomic E-state index is 0.105. The van der Waals surface area contributed by atoms with Crippen LogP contribution in [0, 0.1) is 0 Å². The Balaban J connectivity index is 2.57. The molecule has 0 aromatic heterocycles. The molecule has 0 aliphatic heterocycles. The third-order valence-electron chi connectivity index (χ3n) is 2.36. The number of rotatable bonds is 6. The van der Waals surface area contributed by atoms with Gasteiger partial charge in [0.25, 0.3) is 0 Å². The summed E-state index contributed by atoms with van der Waals surface area (Å²) in [6.07, 6.45) is 0.963. The van der Waals surface area contributed by atoms with Crippen LogP contribution in [-0.4, -0.2) is 17.0 Å². The molecular formula is C13H16F2O2. The van der Waals surface area contributed by atoms with E-state index in [1.807, 2.05) is 6.07 Å². The predicted octanol–water partition coefficient (Wildman–Crippen LogP) is 3.29. The van der Waals surface area contributed by atoms with E-state index < -0.39 is 11.9 Å². The van der Waals surface area contributed by atoms with E-state index in [0.29, 0.717) is 18.4 Å². The zero-order chi connectivity index (χ0) is 12.9. The lowest BCUT2D eigenvalue weighted by Crippen LogP contribution is -2.13. The molecule has 1 aromatic rings. The zero-order valence-electron chi connectivity index (χ0n) is 9.75. The van der Waals surface area contributed by atoms with Crippen molar-refractivity contribution in [1.29, 1.82) is 0 Å². The van der Waals surface area contributed by atoms with Gasteiger partial charge in [-0.2, -0.15) is 0 Å². The van der Waals surface area contributed by atoms with E-state index in [1.54, 1.807) is 18.2 Å². The molecule has 0 heterocycles. The van der Waals surface area contributed by atoms with E-state index in [4.69, 9.17) is 5.11 Å². The Labute approximate surface area is 99.3 Å². The van der Waals surface area contributed by atoms with Crippen LogP contribution < -0.4 is 0 Å². The molecule has 0 amide bonds. The Morgan fingerprint density at radius 1 is 1.35 bits per heavy atom. The molecule has 0 bridgehead atoms. The SMILES string of the molecule is CC(F)(F)Cc1cccc(CCCC(=O)O)c1. The van der Waals surface area contributed by atoms with Crippen LogP contribution in [0.3, 0.4) is 0 Å². The highest BCUT2D eigenvalue weighted by Crippen LogP contribution is 2.20. The summed E-state index contributed by atoms with van der Waals surface area (Å²) in [6.45, 7) is 0.893. The molecule has 0 saturated carbocycles. The van der Waals surface area contributed by atoms with Gasteiger partial charge < -0.3 is 5.11 Å². The first-order valence-electron chi connectivity index (χ1n) is 5.54. The lowest BCUT2D eigenvalue weighted by molar-refractivity contribution is -0.137. The first-order valence-corrected chi connectivity index (χ1v) is 5.54. The second kappa shape index (κ2) is 5.75. The lowest BCUT2D eigenvalue weighted by atomic mass is 10.0. The van der Waals surface area contributed by atoms with Crippen LogP contribution in [0.2, 0.25) is 0 Å². The number of hydrogen-bond acceptors (Lipinski definition) is 1. The molecular weight excluding hydrogens is 226 g/mol. The van der Waals surface area contributed by atoms with Crippen LogP contribution in [0.15, 0.2) is 24.3 Å². The highest BCUT2D eigenvalue weighted by Gasteiger charge is 2.21. The van der Waals surface area contributed by atoms with Gasteiger partial charge in [0.1, 0.15) is 0 Å². The molecule has 0 aliphatic rings. The number of benzene rings is 1.